The number of para-hydroxylation sites is 1. The monoisotopic (exact) mass is 807 g/mol. The Labute approximate surface area is 365 Å². The third-order valence-corrected chi connectivity index (χ3v) is 12.3. The van der Waals surface area contributed by atoms with Gasteiger partial charge in [0, 0.05) is 27.8 Å². The van der Waals surface area contributed by atoms with Gasteiger partial charge in [-0.3, -0.25) is 0 Å². The molecular formula is C58H37N3O2. The van der Waals surface area contributed by atoms with E-state index < -0.39 is 5.41 Å². The summed E-state index contributed by atoms with van der Waals surface area (Å²) in [5.41, 5.74) is 13.3. The highest BCUT2D eigenvalue weighted by Gasteiger charge is 2.48. The van der Waals surface area contributed by atoms with E-state index in [9.17, 15) is 0 Å². The lowest BCUT2D eigenvalue weighted by atomic mass is 9.68. The van der Waals surface area contributed by atoms with Gasteiger partial charge in [-0.2, -0.15) is 0 Å². The molecule has 2 heterocycles. The molecule has 0 N–H and O–H groups in total. The lowest BCUT2D eigenvalue weighted by Crippen LogP contribution is -2.28. The van der Waals surface area contributed by atoms with Crippen LogP contribution in [0.2, 0.25) is 0 Å². The molecule has 0 unspecified atom stereocenters. The predicted molar refractivity (Wildman–Crippen MR) is 251 cm³/mol. The largest absolute Gasteiger partial charge is 0.449 e. The van der Waals surface area contributed by atoms with Crippen LogP contribution in [0.4, 0.5) is 0 Å². The summed E-state index contributed by atoms with van der Waals surface area (Å²) >= 11 is 0. The Morgan fingerprint density at radius 2 is 0.730 bits per heavy atom. The van der Waals surface area contributed by atoms with E-state index in [-0.39, 0.29) is 0 Å². The molecule has 2 aliphatic rings. The molecule has 1 aliphatic heterocycles. The minimum Gasteiger partial charge on any atom is -0.449 e. The van der Waals surface area contributed by atoms with E-state index in [1.165, 1.54) is 16.7 Å². The molecule has 5 heteroatoms. The molecule has 63 heavy (non-hydrogen) atoms. The summed E-state index contributed by atoms with van der Waals surface area (Å²) < 4.78 is 13.9. The van der Waals surface area contributed by atoms with Crippen molar-refractivity contribution in [3.63, 3.8) is 0 Å². The molecule has 0 amide bonds. The molecule has 0 fully saturated rings. The first-order valence-electron chi connectivity index (χ1n) is 21.2. The van der Waals surface area contributed by atoms with Crippen LogP contribution in [0.3, 0.4) is 0 Å². The predicted octanol–water partition coefficient (Wildman–Crippen LogP) is 14.5. The first-order valence-corrected chi connectivity index (χ1v) is 21.2. The molecule has 0 saturated carbocycles. The first-order chi connectivity index (χ1) is 31.2. The second kappa shape index (κ2) is 14.9. The Bertz CT molecular complexity index is 3260. The third-order valence-electron chi connectivity index (χ3n) is 12.3. The van der Waals surface area contributed by atoms with Gasteiger partial charge in [-0.05, 0) is 56.6 Å². The van der Waals surface area contributed by atoms with Crippen LogP contribution < -0.4 is 9.47 Å². The van der Waals surface area contributed by atoms with Crippen molar-refractivity contribution in [1.29, 1.82) is 0 Å². The number of hydrogen-bond donors (Lipinski definition) is 0. The van der Waals surface area contributed by atoms with E-state index >= 15 is 0 Å². The molecule has 9 aromatic carbocycles. The first kappa shape index (κ1) is 36.4. The number of benzene rings is 9. The molecule has 0 bridgehead atoms. The molecule has 0 spiro atoms. The molecule has 1 aromatic heterocycles. The molecule has 0 atom stereocenters. The van der Waals surface area contributed by atoms with Crippen LogP contribution in [0.25, 0.3) is 67.5 Å². The highest BCUT2D eigenvalue weighted by atomic mass is 16.6. The van der Waals surface area contributed by atoms with Crippen LogP contribution in [0.15, 0.2) is 224 Å². The van der Waals surface area contributed by atoms with Gasteiger partial charge in [-0.15, -0.1) is 0 Å². The van der Waals surface area contributed by atoms with Crippen LogP contribution >= 0.6 is 0 Å². The molecule has 0 saturated heterocycles. The lowest BCUT2D eigenvalue weighted by molar-refractivity contribution is 0.361. The fraction of sp³-hybridized carbons (Fsp3) is 0.0172. The summed E-state index contributed by atoms with van der Waals surface area (Å²) in [5.74, 6) is 4.57. The normalized spacial score (nSPS) is 12.8. The van der Waals surface area contributed by atoms with Crippen molar-refractivity contribution in [3.8, 4) is 90.5 Å². The summed E-state index contributed by atoms with van der Waals surface area (Å²) in [6.45, 7) is 0. The zero-order chi connectivity index (χ0) is 41.7. The van der Waals surface area contributed by atoms with E-state index in [1.54, 1.807) is 0 Å². The van der Waals surface area contributed by atoms with Crippen molar-refractivity contribution >= 4 is 0 Å². The molecular weight excluding hydrogens is 771 g/mol. The van der Waals surface area contributed by atoms with Gasteiger partial charge in [0.15, 0.2) is 40.5 Å². The van der Waals surface area contributed by atoms with E-state index in [2.05, 4.69) is 176 Å². The van der Waals surface area contributed by atoms with Crippen LogP contribution in [0.1, 0.15) is 22.3 Å². The van der Waals surface area contributed by atoms with Gasteiger partial charge in [0.2, 0.25) is 0 Å². The Morgan fingerprint density at radius 3 is 1.33 bits per heavy atom. The summed E-state index contributed by atoms with van der Waals surface area (Å²) in [7, 11) is 0. The van der Waals surface area contributed by atoms with Crippen molar-refractivity contribution in [2.45, 2.75) is 5.41 Å². The Hall–Kier alpha value is -8.41. The summed E-state index contributed by atoms with van der Waals surface area (Å²) in [6.07, 6.45) is 0. The number of fused-ring (bicyclic) bond motifs is 6. The fourth-order valence-corrected chi connectivity index (χ4v) is 9.40. The second-order valence-corrected chi connectivity index (χ2v) is 15.9. The van der Waals surface area contributed by atoms with Gasteiger partial charge in [0.05, 0.1) is 5.41 Å². The van der Waals surface area contributed by atoms with Gasteiger partial charge in [0.1, 0.15) is 0 Å². The maximum atomic E-state index is 7.15. The number of nitrogens with zero attached hydrogens (tertiary/aromatic N) is 3. The molecule has 296 valence electrons. The van der Waals surface area contributed by atoms with Crippen LogP contribution in [0.5, 0.6) is 23.0 Å². The zero-order valence-corrected chi connectivity index (χ0v) is 34.0. The Balaban J connectivity index is 0.934. The number of hydrogen-bond acceptors (Lipinski definition) is 5. The SMILES string of the molecule is c1ccc(-c2ccc(-c3nc(-c4ccccc4)nc(-c4ccc(-c5cccc6c5Oc5c(ccc7c5-c5ccccc5C7(c5ccccc5)c5ccccc5)O6)cc4)n3)cc2)cc1. The lowest BCUT2D eigenvalue weighted by Gasteiger charge is -2.34. The minimum absolute atomic E-state index is 0.552. The summed E-state index contributed by atoms with van der Waals surface area (Å²) in [5, 5.41) is 0. The van der Waals surface area contributed by atoms with Crippen molar-refractivity contribution in [2.75, 3.05) is 0 Å². The average Bonchev–Trinajstić information content (AvgIpc) is 3.68. The highest BCUT2D eigenvalue weighted by molar-refractivity contribution is 5.92. The summed E-state index contributed by atoms with van der Waals surface area (Å²) in [4.78, 5) is 15.0. The minimum atomic E-state index is -0.552. The molecule has 10 aromatic rings. The topological polar surface area (TPSA) is 57.1 Å². The number of ether oxygens (including phenoxy) is 2. The van der Waals surface area contributed by atoms with Gasteiger partial charge < -0.3 is 9.47 Å². The van der Waals surface area contributed by atoms with Gasteiger partial charge >= 0.3 is 0 Å². The standard InChI is InChI=1S/C58H37N3O2/c1-5-16-38(17-6-1)39-28-32-42(33-29-39)56-59-55(41-18-7-2-8-19-41)60-57(61-56)43-34-30-40(31-35-43)46-25-15-27-50-53(46)63-54-51(62-50)37-36-49-52(54)47-24-13-14-26-48(47)58(49,44-20-9-3-10-21-44)45-22-11-4-12-23-45/h1-37H. The van der Waals surface area contributed by atoms with Crippen molar-refractivity contribution in [1.82, 2.24) is 15.0 Å². The van der Waals surface area contributed by atoms with Crippen LogP contribution in [-0.2, 0) is 5.41 Å². The number of rotatable bonds is 7. The second-order valence-electron chi connectivity index (χ2n) is 15.9. The van der Waals surface area contributed by atoms with Crippen LogP contribution in [-0.4, -0.2) is 15.0 Å². The fourth-order valence-electron chi connectivity index (χ4n) is 9.40. The average molecular weight is 808 g/mol. The molecule has 0 radical (unpaired) electrons. The van der Waals surface area contributed by atoms with Crippen molar-refractivity contribution < 1.29 is 9.47 Å². The van der Waals surface area contributed by atoms with Gasteiger partial charge in [-0.25, -0.2) is 15.0 Å². The van der Waals surface area contributed by atoms with E-state index in [1.807, 2.05) is 48.5 Å². The molecule has 1 aliphatic carbocycles. The third kappa shape index (κ3) is 6.05. The van der Waals surface area contributed by atoms with E-state index in [0.29, 0.717) is 40.5 Å². The maximum Gasteiger partial charge on any atom is 0.178 e. The Morgan fingerprint density at radius 1 is 0.286 bits per heavy atom. The smallest absolute Gasteiger partial charge is 0.178 e. The number of aromatic nitrogens is 3. The van der Waals surface area contributed by atoms with Gasteiger partial charge in [0.25, 0.3) is 0 Å². The Kier molecular flexibility index (Phi) is 8.64. The quantitative estimate of drug-likeness (QED) is 0.161. The molecule has 12 rings (SSSR count). The highest BCUT2D eigenvalue weighted by Crippen LogP contribution is 2.62. The summed E-state index contributed by atoms with van der Waals surface area (Å²) in [6, 6.07) is 77.8. The van der Waals surface area contributed by atoms with Crippen LogP contribution in [0, 0.1) is 0 Å². The van der Waals surface area contributed by atoms with E-state index in [4.69, 9.17) is 24.4 Å². The zero-order valence-electron chi connectivity index (χ0n) is 34.0. The van der Waals surface area contributed by atoms with Crippen molar-refractivity contribution in [2.24, 2.45) is 0 Å². The van der Waals surface area contributed by atoms with Gasteiger partial charge in [-0.1, -0.05) is 212 Å². The molecule has 5 nitrogen and oxygen atoms in total. The van der Waals surface area contributed by atoms with E-state index in [0.717, 1.165) is 55.6 Å². The maximum absolute atomic E-state index is 7.15. The van der Waals surface area contributed by atoms with Crippen molar-refractivity contribution in [3.05, 3.63) is 247 Å².